The van der Waals surface area contributed by atoms with E-state index in [2.05, 4.69) is 27.8 Å². The summed E-state index contributed by atoms with van der Waals surface area (Å²) in [6.07, 6.45) is 4.50. The summed E-state index contributed by atoms with van der Waals surface area (Å²) in [5.74, 6) is -1.97. The molecule has 1 atom stereocenters. The molecule has 0 spiro atoms. The number of pyridine rings is 1. The lowest BCUT2D eigenvalue weighted by atomic mass is 9.98. The number of hydrogen-bond acceptors (Lipinski definition) is 6. The molecule has 1 aliphatic heterocycles. The maximum atomic E-state index is 14.3. The second kappa shape index (κ2) is 12.4. The highest BCUT2D eigenvalue weighted by Gasteiger charge is 2.25. The molecule has 3 aromatic carbocycles. The first-order valence-corrected chi connectivity index (χ1v) is 15.1. The van der Waals surface area contributed by atoms with Gasteiger partial charge in [-0.25, -0.2) is 23.7 Å². The van der Waals surface area contributed by atoms with Crippen LogP contribution >= 0.6 is 0 Å². The minimum absolute atomic E-state index is 0.104. The highest BCUT2D eigenvalue weighted by molar-refractivity contribution is 6.05. The van der Waals surface area contributed by atoms with Crippen LogP contribution in [0.25, 0.3) is 28.3 Å². The van der Waals surface area contributed by atoms with Crippen molar-refractivity contribution < 1.29 is 18.4 Å². The SMILES string of the molecule is CC(=O)N1CCC(c2ccc(Nc3nccc(-c4c(-c5cccc(NC(=O)c6c(F)cccc6F)c5)nc5ccccn45)n3)cc2)C1. The van der Waals surface area contributed by atoms with Gasteiger partial charge in [0.2, 0.25) is 11.9 Å². The van der Waals surface area contributed by atoms with E-state index in [1.165, 1.54) is 11.6 Å². The third kappa shape index (κ3) is 6.02. The van der Waals surface area contributed by atoms with E-state index in [1.807, 2.05) is 51.9 Å². The van der Waals surface area contributed by atoms with Crippen molar-refractivity contribution in [2.75, 3.05) is 23.7 Å². The summed E-state index contributed by atoms with van der Waals surface area (Å²) in [5.41, 5.74) is 4.93. The summed E-state index contributed by atoms with van der Waals surface area (Å²) in [4.78, 5) is 40.6. The fourth-order valence-electron chi connectivity index (χ4n) is 5.93. The number of aromatic nitrogens is 4. The van der Waals surface area contributed by atoms with Crippen LogP contribution in [0.15, 0.2) is 103 Å². The molecule has 0 radical (unpaired) electrons. The molecule has 1 saturated heterocycles. The molecule has 1 aliphatic rings. The Balaban J connectivity index is 1.17. The molecule has 3 aromatic heterocycles. The van der Waals surface area contributed by atoms with Gasteiger partial charge in [0.05, 0.1) is 17.1 Å². The van der Waals surface area contributed by atoms with Crippen molar-refractivity contribution in [2.45, 2.75) is 19.3 Å². The molecule has 0 aliphatic carbocycles. The van der Waals surface area contributed by atoms with Crippen LogP contribution in [-0.2, 0) is 4.79 Å². The first kappa shape index (κ1) is 29.7. The Kier molecular flexibility index (Phi) is 7.86. The number of amides is 2. The molecule has 0 bridgehead atoms. The molecule has 11 heteroatoms. The summed E-state index contributed by atoms with van der Waals surface area (Å²) in [6, 6.07) is 25.7. The van der Waals surface area contributed by atoms with Crippen molar-refractivity contribution in [3.63, 3.8) is 0 Å². The van der Waals surface area contributed by atoms with Crippen LogP contribution in [0.3, 0.4) is 0 Å². The maximum absolute atomic E-state index is 14.3. The normalized spacial score (nSPS) is 14.4. The van der Waals surface area contributed by atoms with E-state index < -0.39 is 23.1 Å². The van der Waals surface area contributed by atoms with Crippen molar-refractivity contribution in [2.24, 2.45) is 0 Å². The Morgan fingerprint density at radius 1 is 0.872 bits per heavy atom. The van der Waals surface area contributed by atoms with E-state index in [1.54, 1.807) is 37.4 Å². The van der Waals surface area contributed by atoms with Gasteiger partial charge in [0.25, 0.3) is 5.91 Å². The molecular weight excluding hydrogens is 600 g/mol. The minimum Gasteiger partial charge on any atom is -0.342 e. The van der Waals surface area contributed by atoms with Gasteiger partial charge in [-0.2, -0.15) is 0 Å². The predicted molar refractivity (Wildman–Crippen MR) is 175 cm³/mol. The molecule has 7 rings (SSSR count). The number of carbonyl (C=O) groups excluding carboxylic acids is 2. The zero-order valence-corrected chi connectivity index (χ0v) is 25.3. The Morgan fingerprint density at radius 2 is 1.66 bits per heavy atom. The van der Waals surface area contributed by atoms with Gasteiger partial charge in [-0.05, 0) is 66.6 Å². The molecule has 2 N–H and O–H groups in total. The van der Waals surface area contributed by atoms with Gasteiger partial charge < -0.3 is 15.5 Å². The fraction of sp³-hybridized carbons (Fsp3) is 0.139. The van der Waals surface area contributed by atoms with E-state index in [0.29, 0.717) is 45.8 Å². The summed E-state index contributed by atoms with van der Waals surface area (Å²) < 4.78 is 30.4. The summed E-state index contributed by atoms with van der Waals surface area (Å²) in [6.45, 7) is 3.11. The number of imidazole rings is 1. The average Bonchev–Trinajstić information content (AvgIpc) is 3.72. The molecule has 234 valence electrons. The lowest BCUT2D eigenvalue weighted by Crippen LogP contribution is -2.25. The van der Waals surface area contributed by atoms with Gasteiger partial charge in [0.1, 0.15) is 22.8 Å². The number of hydrogen-bond donors (Lipinski definition) is 2. The van der Waals surface area contributed by atoms with Crippen LogP contribution in [0.4, 0.5) is 26.1 Å². The number of benzene rings is 3. The second-order valence-corrected chi connectivity index (χ2v) is 11.3. The number of carbonyl (C=O) groups is 2. The Morgan fingerprint density at radius 3 is 2.43 bits per heavy atom. The van der Waals surface area contributed by atoms with Gasteiger partial charge in [-0.1, -0.05) is 36.4 Å². The van der Waals surface area contributed by atoms with Gasteiger partial charge in [0.15, 0.2) is 0 Å². The second-order valence-electron chi connectivity index (χ2n) is 11.3. The molecule has 0 saturated carbocycles. The fourth-order valence-corrected chi connectivity index (χ4v) is 5.93. The topological polar surface area (TPSA) is 105 Å². The number of fused-ring (bicyclic) bond motifs is 1. The van der Waals surface area contributed by atoms with Gasteiger partial charge in [0, 0.05) is 55.3 Å². The smallest absolute Gasteiger partial charge is 0.261 e. The molecule has 47 heavy (non-hydrogen) atoms. The van der Waals surface area contributed by atoms with Crippen LogP contribution in [0, 0.1) is 11.6 Å². The molecule has 4 heterocycles. The van der Waals surface area contributed by atoms with Gasteiger partial charge in [-0.15, -0.1) is 0 Å². The first-order valence-electron chi connectivity index (χ1n) is 15.1. The van der Waals surface area contributed by atoms with Gasteiger partial charge in [-0.3, -0.25) is 14.0 Å². The maximum Gasteiger partial charge on any atom is 0.261 e. The summed E-state index contributed by atoms with van der Waals surface area (Å²) in [5, 5.41) is 5.89. The average molecular weight is 630 g/mol. The third-order valence-corrected chi connectivity index (χ3v) is 8.28. The van der Waals surface area contributed by atoms with Gasteiger partial charge >= 0.3 is 0 Å². The van der Waals surface area contributed by atoms with Crippen LogP contribution < -0.4 is 10.6 Å². The van der Waals surface area contributed by atoms with Crippen molar-refractivity contribution in [3.05, 3.63) is 126 Å². The highest BCUT2D eigenvalue weighted by Crippen LogP contribution is 2.34. The summed E-state index contributed by atoms with van der Waals surface area (Å²) >= 11 is 0. The quantitative estimate of drug-likeness (QED) is 0.196. The highest BCUT2D eigenvalue weighted by atomic mass is 19.1. The lowest BCUT2D eigenvalue weighted by Gasteiger charge is -2.14. The van der Waals surface area contributed by atoms with Crippen molar-refractivity contribution >= 4 is 34.8 Å². The Hall–Kier alpha value is -5.97. The summed E-state index contributed by atoms with van der Waals surface area (Å²) in [7, 11) is 0. The number of anilines is 3. The molecule has 2 amide bonds. The first-order chi connectivity index (χ1) is 22.8. The lowest BCUT2D eigenvalue weighted by molar-refractivity contribution is -0.127. The largest absolute Gasteiger partial charge is 0.342 e. The van der Waals surface area contributed by atoms with Crippen molar-refractivity contribution in [1.82, 2.24) is 24.3 Å². The molecule has 6 aromatic rings. The van der Waals surface area contributed by atoms with E-state index in [4.69, 9.17) is 9.97 Å². The molecular formula is C36H29F2N7O2. The van der Waals surface area contributed by atoms with Crippen LogP contribution in [0.1, 0.15) is 35.2 Å². The van der Waals surface area contributed by atoms with Crippen LogP contribution in [-0.4, -0.2) is 49.2 Å². The monoisotopic (exact) mass is 629 g/mol. The molecule has 9 nitrogen and oxygen atoms in total. The standard InChI is InChI=1S/C36H29F2N7O2/c1-22(46)44-19-16-25(21-44)23-11-13-26(14-12-23)41-36-39-17-15-30(42-36)34-33(43-31-10-2-3-18-45(31)34)24-6-4-7-27(20-24)40-35(47)32-28(37)8-5-9-29(32)38/h2-15,17-18,20,25H,16,19,21H2,1H3,(H,40,47)(H,39,41,42). The van der Waals surface area contributed by atoms with Crippen LogP contribution in [0.2, 0.25) is 0 Å². The predicted octanol–water partition coefficient (Wildman–Crippen LogP) is 7.07. The van der Waals surface area contributed by atoms with E-state index in [0.717, 1.165) is 37.3 Å². The van der Waals surface area contributed by atoms with E-state index in [-0.39, 0.29) is 5.91 Å². The molecule has 1 fully saturated rings. The third-order valence-electron chi connectivity index (χ3n) is 8.28. The number of likely N-dealkylation sites (tertiary alicyclic amines) is 1. The zero-order chi connectivity index (χ0) is 32.5. The number of nitrogens with one attached hydrogen (secondary N) is 2. The van der Waals surface area contributed by atoms with E-state index in [9.17, 15) is 18.4 Å². The Labute approximate surface area is 268 Å². The zero-order valence-electron chi connectivity index (χ0n) is 25.3. The van der Waals surface area contributed by atoms with E-state index >= 15 is 0 Å². The van der Waals surface area contributed by atoms with Crippen molar-refractivity contribution in [1.29, 1.82) is 0 Å². The number of nitrogens with zero attached hydrogens (tertiary/aromatic N) is 5. The van der Waals surface area contributed by atoms with Crippen molar-refractivity contribution in [3.8, 4) is 22.6 Å². The number of rotatable bonds is 7. The van der Waals surface area contributed by atoms with Crippen LogP contribution in [0.5, 0.6) is 0 Å². The number of halogens is 2. The molecule has 1 unspecified atom stereocenters. The minimum atomic E-state index is -0.944. The Bertz CT molecular complexity index is 2110.